The first-order valence-corrected chi connectivity index (χ1v) is 10.2. The molecule has 1 N–H and O–H groups in total. The van der Waals surface area contributed by atoms with Crippen LogP contribution in [0.2, 0.25) is 0 Å². The maximum Gasteiger partial charge on any atom is 0.317 e. The number of hydrogen-bond donors (Lipinski definition) is 1. The highest BCUT2D eigenvalue weighted by Crippen LogP contribution is 2.30. The zero-order valence-electron chi connectivity index (χ0n) is 16.4. The predicted octanol–water partition coefficient (Wildman–Crippen LogP) is 3.00. The quantitative estimate of drug-likeness (QED) is 0.660. The van der Waals surface area contributed by atoms with E-state index < -0.39 is 15.4 Å². The Morgan fingerprint density at radius 1 is 1.19 bits per heavy atom. The first-order chi connectivity index (χ1) is 12.1. The molecule has 8 heteroatoms. The number of methoxy groups -OCH3 is 1. The fourth-order valence-electron chi connectivity index (χ4n) is 2.25. The minimum atomic E-state index is -3.75. The molecule has 0 saturated carbocycles. The molecule has 0 bridgehead atoms. The third kappa shape index (κ3) is 6.40. The molecule has 0 atom stereocenters. The molecule has 7 nitrogen and oxygen atoms in total. The Morgan fingerprint density at radius 2 is 1.85 bits per heavy atom. The Hall–Kier alpha value is -1.96. The van der Waals surface area contributed by atoms with Crippen LogP contribution in [0.5, 0.6) is 11.5 Å². The number of carbonyl (C=O) groups is 1. The minimum Gasteiger partial charge on any atom is -0.493 e. The van der Waals surface area contributed by atoms with Gasteiger partial charge in [0, 0.05) is 19.6 Å². The van der Waals surface area contributed by atoms with Crippen molar-refractivity contribution in [1.82, 2.24) is 10.2 Å². The normalized spacial score (nSPS) is 11.5. The van der Waals surface area contributed by atoms with E-state index in [9.17, 15) is 13.2 Å². The van der Waals surface area contributed by atoms with Gasteiger partial charge in [0.1, 0.15) is 0 Å². The van der Waals surface area contributed by atoms with E-state index in [1.165, 1.54) is 7.11 Å². The van der Waals surface area contributed by atoms with Crippen molar-refractivity contribution in [3.63, 3.8) is 0 Å². The van der Waals surface area contributed by atoms with Gasteiger partial charge >= 0.3 is 16.1 Å². The molecule has 0 heterocycles. The molecule has 2 amide bonds. The first kappa shape index (κ1) is 22.1. The van der Waals surface area contributed by atoms with E-state index >= 15 is 0 Å². The van der Waals surface area contributed by atoms with Crippen LogP contribution in [0.15, 0.2) is 18.2 Å². The van der Waals surface area contributed by atoms with Crippen molar-refractivity contribution in [3.8, 4) is 11.5 Å². The maximum absolute atomic E-state index is 12.3. The number of nitrogens with zero attached hydrogens (tertiary/aromatic N) is 1. The summed E-state index contributed by atoms with van der Waals surface area (Å²) in [6, 6.07) is 4.88. The number of carbonyl (C=O) groups excluding carboxylic acids is 1. The monoisotopic (exact) mass is 386 g/mol. The van der Waals surface area contributed by atoms with Crippen LogP contribution in [0, 0.1) is 5.92 Å². The summed E-state index contributed by atoms with van der Waals surface area (Å²) in [6.07, 6.45) is 0. The fourth-order valence-corrected chi connectivity index (χ4v) is 2.82. The zero-order valence-corrected chi connectivity index (χ0v) is 17.2. The van der Waals surface area contributed by atoms with Crippen molar-refractivity contribution < 1.29 is 22.1 Å². The molecule has 1 rings (SSSR count). The van der Waals surface area contributed by atoms with Crippen molar-refractivity contribution in [3.05, 3.63) is 23.8 Å². The molecule has 148 valence electrons. The summed E-state index contributed by atoms with van der Waals surface area (Å²) in [5.41, 5.74) is 0.756. The summed E-state index contributed by atoms with van der Waals surface area (Å²) in [5, 5.41) is 2.12. The van der Waals surface area contributed by atoms with Gasteiger partial charge < -0.3 is 19.1 Å². The minimum absolute atomic E-state index is 0.124. The molecule has 1 aromatic carbocycles. The van der Waals surface area contributed by atoms with Gasteiger partial charge in [0.25, 0.3) is 0 Å². The molecule has 26 heavy (non-hydrogen) atoms. The summed E-state index contributed by atoms with van der Waals surface area (Å²) in [7, 11) is -2.30. The average molecular weight is 387 g/mol. The average Bonchev–Trinajstić information content (AvgIpc) is 2.53. The van der Waals surface area contributed by atoms with Gasteiger partial charge in [-0.2, -0.15) is 8.42 Å². The summed E-state index contributed by atoms with van der Waals surface area (Å²) in [6.45, 7) is 10.5. The first-order valence-electron chi connectivity index (χ1n) is 8.73. The lowest BCUT2D eigenvalue weighted by molar-refractivity contribution is 0.188. The zero-order chi connectivity index (χ0) is 19.9. The van der Waals surface area contributed by atoms with Crippen LogP contribution in [-0.4, -0.2) is 44.8 Å². The van der Waals surface area contributed by atoms with Gasteiger partial charge in [0.15, 0.2) is 11.5 Å². The molecule has 0 fully saturated rings. The SMILES string of the molecule is CCNC(=O)N(Cc1ccc(OC)c(OS(=O)(=O)C(C)C)c1)CC(C)C. The van der Waals surface area contributed by atoms with Crippen LogP contribution in [0.4, 0.5) is 4.79 Å². The van der Waals surface area contributed by atoms with Crippen LogP contribution in [0.1, 0.15) is 40.2 Å². The highest BCUT2D eigenvalue weighted by atomic mass is 32.2. The van der Waals surface area contributed by atoms with E-state index in [2.05, 4.69) is 5.32 Å². The van der Waals surface area contributed by atoms with E-state index in [0.717, 1.165) is 5.56 Å². The van der Waals surface area contributed by atoms with Gasteiger partial charge in [0.05, 0.1) is 12.4 Å². The second-order valence-corrected chi connectivity index (χ2v) is 8.82. The van der Waals surface area contributed by atoms with Gasteiger partial charge in [-0.3, -0.25) is 0 Å². The second-order valence-electron chi connectivity index (χ2n) is 6.72. The largest absolute Gasteiger partial charge is 0.493 e. The Kier molecular flexibility index (Phi) is 8.20. The third-order valence-corrected chi connectivity index (χ3v) is 5.15. The van der Waals surface area contributed by atoms with Gasteiger partial charge in [0.2, 0.25) is 0 Å². The highest BCUT2D eigenvalue weighted by molar-refractivity contribution is 7.87. The molecule has 0 saturated heterocycles. The van der Waals surface area contributed by atoms with Crippen molar-refractivity contribution in [2.75, 3.05) is 20.2 Å². The van der Waals surface area contributed by atoms with E-state index in [1.807, 2.05) is 20.8 Å². The van der Waals surface area contributed by atoms with Crippen molar-refractivity contribution in [2.45, 2.75) is 46.4 Å². The van der Waals surface area contributed by atoms with Crippen molar-refractivity contribution >= 4 is 16.1 Å². The third-order valence-electron chi connectivity index (χ3n) is 3.59. The lowest BCUT2D eigenvalue weighted by Crippen LogP contribution is -2.41. The van der Waals surface area contributed by atoms with Crippen LogP contribution >= 0.6 is 0 Å². The Labute approximate surface area is 156 Å². The molecule has 0 radical (unpaired) electrons. The smallest absolute Gasteiger partial charge is 0.317 e. The molecule has 0 spiro atoms. The topological polar surface area (TPSA) is 84.9 Å². The molecular formula is C18H30N2O5S. The van der Waals surface area contributed by atoms with E-state index in [0.29, 0.717) is 31.3 Å². The van der Waals surface area contributed by atoms with Crippen LogP contribution in [0.25, 0.3) is 0 Å². The summed E-state index contributed by atoms with van der Waals surface area (Å²) >= 11 is 0. The lowest BCUT2D eigenvalue weighted by atomic mass is 10.1. The second kappa shape index (κ2) is 9.66. The van der Waals surface area contributed by atoms with Crippen molar-refractivity contribution in [1.29, 1.82) is 0 Å². The van der Waals surface area contributed by atoms with Gasteiger partial charge in [-0.15, -0.1) is 0 Å². The number of benzene rings is 1. The fraction of sp³-hybridized carbons (Fsp3) is 0.611. The van der Waals surface area contributed by atoms with Crippen LogP contribution in [-0.2, 0) is 16.7 Å². The standard InChI is InChI=1S/C18H30N2O5S/c1-7-19-18(21)20(11-13(2)3)12-15-8-9-16(24-6)17(10-15)25-26(22,23)14(4)5/h8-10,13-14H,7,11-12H2,1-6H3,(H,19,21). The number of hydrogen-bond acceptors (Lipinski definition) is 5. The lowest BCUT2D eigenvalue weighted by Gasteiger charge is -2.25. The van der Waals surface area contributed by atoms with E-state index in [-0.39, 0.29) is 11.8 Å². The molecule has 0 aliphatic rings. The highest BCUT2D eigenvalue weighted by Gasteiger charge is 2.22. The number of rotatable bonds is 9. The number of nitrogens with one attached hydrogen (secondary N) is 1. The van der Waals surface area contributed by atoms with Crippen LogP contribution < -0.4 is 14.2 Å². The van der Waals surface area contributed by atoms with Crippen LogP contribution in [0.3, 0.4) is 0 Å². The summed E-state index contributed by atoms with van der Waals surface area (Å²) in [5.74, 6) is 0.749. The molecule has 0 unspecified atom stereocenters. The number of amides is 2. The van der Waals surface area contributed by atoms with E-state index in [1.54, 1.807) is 36.9 Å². The maximum atomic E-state index is 12.3. The summed E-state index contributed by atoms with van der Waals surface area (Å²) in [4.78, 5) is 14.0. The molecular weight excluding hydrogens is 356 g/mol. The predicted molar refractivity (Wildman–Crippen MR) is 102 cm³/mol. The number of urea groups is 1. The summed E-state index contributed by atoms with van der Waals surface area (Å²) < 4.78 is 34.6. The van der Waals surface area contributed by atoms with E-state index in [4.69, 9.17) is 8.92 Å². The van der Waals surface area contributed by atoms with Gasteiger partial charge in [-0.25, -0.2) is 4.79 Å². The molecule has 0 aliphatic carbocycles. The Bertz CT molecular complexity index is 702. The van der Waals surface area contributed by atoms with Gasteiger partial charge in [-0.1, -0.05) is 19.9 Å². The molecule has 0 aliphatic heterocycles. The van der Waals surface area contributed by atoms with Crippen molar-refractivity contribution in [2.24, 2.45) is 5.92 Å². The Balaban J connectivity index is 3.12. The number of ether oxygens (including phenoxy) is 1. The Morgan fingerprint density at radius 3 is 2.35 bits per heavy atom. The molecule has 0 aromatic heterocycles. The van der Waals surface area contributed by atoms with Gasteiger partial charge in [-0.05, 0) is 44.4 Å². The molecule has 1 aromatic rings.